The normalized spacial score (nSPS) is 20.2. The van der Waals surface area contributed by atoms with E-state index in [0.29, 0.717) is 23.1 Å². The number of hydrogen-bond donors (Lipinski definition) is 0. The zero-order valence-corrected chi connectivity index (χ0v) is 8.61. The molecule has 0 saturated heterocycles. The van der Waals surface area contributed by atoms with Gasteiger partial charge in [0.15, 0.2) is 0 Å². The van der Waals surface area contributed by atoms with Crippen molar-refractivity contribution in [2.24, 2.45) is 0 Å². The molecule has 0 spiro atoms. The molecule has 5 heteroatoms. The lowest BCUT2D eigenvalue weighted by Crippen LogP contribution is -2.00. The number of nitrogens with zero attached hydrogens (tertiary/aromatic N) is 1. The van der Waals surface area contributed by atoms with Crippen LogP contribution in [0.5, 0.6) is 0 Å². The minimum absolute atomic E-state index is 0.0331. The van der Waals surface area contributed by atoms with Gasteiger partial charge in [-0.25, -0.2) is 0 Å². The fourth-order valence-electron chi connectivity index (χ4n) is 2.72. The summed E-state index contributed by atoms with van der Waals surface area (Å²) in [5, 5.41) is 10.9. The number of allylic oxidation sites excluding steroid dienone is 3. The third-order valence-electron chi connectivity index (χ3n) is 3.32. The molecule has 1 atom stereocenters. The van der Waals surface area contributed by atoms with Crippen LogP contribution in [0.4, 0.5) is 14.5 Å². The second-order valence-electron chi connectivity index (χ2n) is 4.08. The van der Waals surface area contributed by atoms with Gasteiger partial charge in [-0.05, 0) is 17.6 Å². The number of fused-ring (bicyclic) bond motifs is 5. The van der Waals surface area contributed by atoms with Crippen LogP contribution in [0.3, 0.4) is 0 Å². The van der Waals surface area contributed by atoms with Crippen molar-refractivity contribution in [3.63, 3.8) is 0 Å². The predicted molar refractivity (Wildman–Crippen MR) is 57.7 cm³/mol. The maximum absolute atomic E-state index is 12.8. The Morgan fingerprint density at radius 3 is 2.82 bits per heavy atom. The van der Waals surface area contributed by atoms with Crippen LogP contribution < -0.4 is 0 Å². The Morgan fingerprint density at radius 2 is 2.18 bits per heavy atom. The zero-order chi connectivity index (χ0) is 12.2. The van der Waals surface area contributed by atoms with Crippen LogP contribution in [0, 0.1) is 10.1 Å². The zero-order valence-electron chi connectivity index (χ0n) is 8.61. The summed E-state index contributed by atoms with van der Waals surface area (Å²) in [5.74, 6) is -0.536. The van der Waals surface area contributed by atoms with E-state index in [-0.39, 0.29) is 11.3 Å². The van der Waals surface area contributed by atoms with Crippen LogP contribution in [-0.2, 0) is 0 Å². The number of nitro benzene ring substituents is 1. The van der Waals surface area contributed by atoms with Gasteiger partial charge in [-0.15, -0.1) is 0 Å². The molecule has 0 aliphatic heterocycles. The molecule has 2 aliphatic carbocycles. The Bertz CT molecular complexity index is 601. The van der Waals surface area contributed by atoms with Gasteiger partial charge in [-0.3, -0.25) is 10.1 Å². The molecule has 3 rings (SSSR count). The molecule has 1 unspecified atom stereocenters. The Balaban J connectivity index is 2.31. The SMILES string of the molecule is O=[N+]([O-])c1cccc2c1C1CC=C2C1=C(F)F. The molecule has 0 radical (unpaired) electrons. The number of hydrogen-bond acceptors (Lipinski definition) is 2. The molecule has 1 aromatic rings. The quantitative estimate of drug-likeness (QED) is 0.551. The summed E-state index contributed by atoms with van der Waals surface area (Å²) >= 11 is 0. The first kappa shape index (κ1) is 10.1. The molecule has 2 bridgehead atoms. The van der Waals surface area contributed by atoms with Crippen molar-refractivity contribution < 1.29 is 13.7 Å². The highest BCUT2D eigenvalue weighted by molar-refractivity contribution is 5.93. The summed E-state index contributed by atoms with van der Waals surface area (Å²) in [7, 11) is 0. The maximum atomic E-state index is 12.8. The van der Waals surface area contributed by atoms with Crippen LogP contribution in [-0.4, -0.2) is 4.92 Å². The van der Waals surface area contributed by atoms with E-state index in [9.17, 15) is 18.9 Å². The van der Waals surface area contributed by atoms with Gasteiger partial charge in [0.05, 0.1) is 4.92 Å². The summed E-state index contributed by atoms with van der Waals surface area (Å²) in [6.45, 7) is 0. The van der Waals surface area contributed by atoms with Crippen molar-refractivity contribution in [2.45, 2.75) is 12.3 Å². The van der Waals surface area contributed by atoms with Gasteiger partial charge in [0, 0.05) is 23.1 Å². The molecular formula is C12H7F2NO2. The Hall–Kier alpha value is -2.04. The lowest BCUT2D eigenvalue weighted by atomic mass is 9.94. The molecule has 0 saturated carbocycles. The minimum Gasteiger partial charge on any atom is -0.258 e. The fraction of sp³-hybridized carbons (Fsp3) is 0.167. The Morgan fingerprint density at radius 1 is 1.41 bits per heavy atom. The van der Waals surface area contributed by atoms with Gasteiger partial charge in [-0.2, -0.15) is 8.78 Å². The molecule has 0 amide bonds. The molecule has 1 aromatic carbocycles. The minimum atomic E-state index is -1.73. The summed E-state index contributed by atoms with van der Waals surface area (Å²) < 4.78 is 25.7. The van der Waals surface area contributed by atoms with E-state index in [4.69, 9.17) is 0 Å². The van der Waals surface area contributed by atoms with Gasteiger partial charge in [0.2, 0.25) is 0 Å². The maximum Gasteiger partial charge on any atom is 0.274 e. The lowest BCUT2D eigenvalue weighted by Gasteiger charge is -2.09. The van der Waals surface area contributed by atoms with E-state index in [1.54, 1.807) is 12.1 Å². The summed E-state index contributed by atoms with van der Waals surface area (Å²) in [4.78, 5) is 10.4. The Labute approximate surface area is 95.2 Å². The van der Waals surface area contributed by atoms with Gasteiger partial charge in [0.1, 0.15) is 0 Å². The van der Waals surface area contributed by atoms with E-state index in [1.165, 1.54) is 12.1 Å². The van der Waals surface area contributed by atoms with Gasteiger partial charge in [-0.1, -0.05) is 18.2 Å². The van der Waals surface area contributed by atoms with Gasteiger partial charge < -0.3 is 0 Å². The first-order valence-corrected chi connectivity index (χ1v) is 5.14. The van der Waals surface area contributed by atoms with Gasteiger partial charge in [0.25, 0.3) is 11.8 Å². The van der Waals surface area contributed by atoms with E-state index >= 15 is 0 Å². The topological polar surface area (TPSA) is 43.1 Å². The van der Waals surface area contributed by atoms with Gasteiger partial charge >= 0.3 is 0 Å². The van der Waals surface area contributed by atoms with E-state index in [1.807, 2.05) is 0 Å². The monoisotopic (exact) mass is 235 g/mol. The van der Waals surface area contributed by atoms with E-state index in [2.05, 4.69) is 0 Å². The molecule has 17 heavy (non-hydrogen) atoms. The number of benzene rings is 1. The van der Waals surface area contributed by atoms with Crippen molar-refractivity contribution in [3.8, 4) is 0 Å². The van der Waals surface area contributed by atoms with Crippen molar-refractivity contribution in [2.75, 3.05) is 0 Å². The fourth-order valence-corrected chi connectivity index (χ4v) is 2.72. The van der Waals surface area contributed by atoms with Crippen LogP contribution in [0.15, 0.2) is 35.9 Å². The molecular weight excluding hydrogens is 228 g/mol. The summed E-state index contributed by atoms with van der Waals surface area (Å²) in [5.41, 5.74) is 1.40. The third-order valence-corrected chi connectivity index (χ3v) is 3.32. The molecule has 86 valence electrons. The largest absolute Gasteiger partial charge is 0.274 e. The standard InChI is InChI=1S/C12H7F2NO2/c13-12(14)11-7-4-5-8(11)10-6(7)2-1-3-9(10)15(16)17/h1-4,8H,5H2. The van der Waals surface area contributed by atoms with E-state index in [0.717, 1.165) is 0 Å². The average molecular weight is 235 g/mol. The van der Waals surface area contributed by atoms with Crippen LogP contribution in [0.1, 0.15) is 23.5 Å². The van der Waals surface area contributed by atoms with Crippen LogP contribution >= 0.6 is 0 Å². The smallest absolute Gasteiger partial charge is 0.258 e. The van der Waals surface area contributed by atoms with Crippen molar-refractivity contribution >= 4 is 11.3 Å². The highest BCUT2D eigenvalue weighted by Crippen LogP contribution is 2.56. The number of rotatable bonds is 1. The lowest BCUT2D eigenvalue weighted by molar-refractivity contribution is -0.385. The van der Waals surface area contributed by atoms with E-state index < -0.39 is 16.9 Å². The van der Waals surface area contributed by atoms with Crippen LogP contribution in [0.2, 0.25) is 0 Å². The summed E-state index contributed by atoms with van der Waals surface area (Å²) in [6, 6.07) is 4.57. The van der Waals surface area contributed by atoms with Crippen LogP contribution in [0.25, 0.3) is 5.57 Å². The average Bonchev–Trinajstić information content (AvgIpc) is 2.84. The molecule has 0 aromatic heterocycles. The number of nitro groups is 1. The molecule has 0 heterocycles. The van der Waals surface area contributed by atoms with Crippen molar-refractivity contribution in [1.82, 2.24) is 0 Å². The highest BCUT2D eigenvalue weighted by atomic mass is 19.3. The predicted octanol–water partition coefficient (Wildman–Crippen LogP) is 3.63. The van der Waals surface area contributed by atoms with Crippen molar-refractivity contribution in [1.29, 1.82) is 0 Å². The van der Waals surface area contributed by atoms with Crippen molar-refractivity contribution in [3.05, 3.63) is 57.2 Å². The molecule has 3 nitrogen and oxygen atoms in total. The molecule has 0 N–H and O–H groups in total. The molecule has 0 fully saturated rings. The Kier molecular flexibility index (Phi) is 1.92. The first-order valence-electron chi connectivity index (χ1n) is 5.14. The first-order chi connectivity index (χ1) is 8.11. The third kappa shape index (κ3) is 1.19. The second-order valence-corrected chi connectivity index (χ2v) is 4.08. The molecule has 2 aliphatic rings. The second kappa shape index (κ2) is 3.23. The number of halogens is 2. The summed E-state index contributed by atoms with van der Waals surface area (Å²) in [6.07, 6.45) is 0.426. The highest BCUT2D eigenvalue weighted by Gasteiger charge is 2.42.